The second-order valence-electron chi connectivity index (χ2n) is 3.47. The van der Waals surface area contributed by atoms with Crippen LogP contribution in [0, 0.1) is 0 Å². The lowest BCUT2D eigenvalue weighted by molar-refractivity contribution is 0.341. The Morgan fingerprint density at radius 1 is 1.19 bits per heavy atom. The Bertz CT molecular complexity index is 332. The Morgan fingerprint density at radius 3 is 2.38 bits per heavy atom. The van der Waals surface area contributed by atoms with Crippen LogP contribution in [0.25, 0.3) is 0 Å². The van der Waals surface area contributed by atoms with E-state index >= 15 is 0 Å². The molecule has 1 aliphatic rings. The minimum Gasteiger partial charge on any atom is -0.467 e. The van der Waals surface area contributed by atoms with Crippen molar-refractivity contribution in [2.45, 2.75) is 12.5 Å². The summed E-state index contributed by atoms with van der Waals surface area (Å²) in [6, 6.07) is 0.845. The summed E-state index contributed by atoms with van der Waals surface area (Å²) < 4.78 is 9.93. The minimum absolute atomic E-state index is 0.250. The van der Waals surface area contributed by atoms with Crippen LogP contribution in [0.5, 0.6) is 12.0 Å². The molecular formula is C9H15N5O2. The van der Waals surface area contributed by atoms with Crippen molar-refractivity contribution in [2.75, 3.05) is 32.6 Å². The number of hydrogen-bond donors (Lipinski definition) is 2. The summed E-state index contributed by atoms with van der Waals surface area (Å²) in [5, 5.41) is 6.46. The van der Waals surface area contributed by atoms with Gasteiger partial charge in [0.05, 0.1) is 14.2 Å². The molecule has 0 saturated carbocycles. The molecule has 0 bridgehead atoms. The van der Waals surface area contributed by atoms with Crippen LogP contribution in [0.4, 0.5) is 5.95 Å². The van der Waals surface area contributed by atoms with Crippen LogP contribution in [0.15, 0.2) is 0 Å². The van der Waals surface area contributed by atoms with Crippen molar-refractivity contribution in [3.05, 3.63) is 0 Å². The quantitative estimate of drug-likeness (QED) is 0.725. The fourth-order valence-corrected chi connectivity index (χ4v) is 1.55. The number of hydrogen-bond acceptors (Lipinski definition) is 7. The summed E-state index contributed by atoms with van der Waals surface area (Å²) in [5.74, 6) is 0.484. The molecule has 0 spiro atoms. The zero-order valence-electron chi connectivity index (χ0n) is 9.36. The molecule has 1 saturated heterocycles. The van der Waals surface area contributed by atoms with Crippen LogP contribution >= 0.6 is 0 Å². The van der Waals surface area contributed by atoms with Gasteiger partial charge < -0.3 is 20.1 Å². The Hall–Kier alpha value is -1.63. The summed E-state index contributed by atoms with van der Waals surface area (Å²) in [7, 11) is 3.02. The van der Waals surface area contributed by atoms with E-state index in [-0.39, 0.29) is 12.0 Å². The highest BCUT2D eigenvalue weighted by atomic mass is 16.5. The van der Waals surface area contributed by atoms with E-state index in [1.54, 1.807) is 0 Å². The van der Waals surface area contributed by atoms with Crippen LogP contribution < -0.4 is 20.1 Å². The molecule has 1 atom stereocenters. The SMILES string of the molecule is COc1nc(N[C@H]2CCNC2)nc(OC)n1. The molecule has 7 nitrogen and oxygen atoms in total. The van der Waals surface area contributed by atoms with E-state index < -0.39 is 0 Å². The third kappa shape index (κ3) is 2.48. The van der Waals surface area contributed by atoms with Crippen molar-refractivity contribution in [1.82, 2.24) is 20.3 Å². The monoisotopic (exact) mass is 225 g/mol. The van der Waals surface area contributed by atoms with Gasteiger partial charge in [0.1, 0.15) is 0 Å². The van der Waals surface area contributed by atoms with Gasteiger partial charge in [-0.05, 0) is 13.0 Å². The van der Waals surface area contributed by atoms with E-state index in [4.69, 9.17) is 9.47 Å². The fourth-order valence-electron chi connectivity index (χ4n) is 1.55. The largest absolute Gasteiger partial charge is 0.467 e. The number of methoxy groups -OCH3 is 2. The van der Waals surface area contributed by atoms with Gasteiger partial charge in [-0.3, -0.25) is 0 Å². The zero-order chi connectivity index (χ0) is 11.4. The van der Waals surface area contributed by atoms with Gasteiger partial charge in [0.2, 0.25) is 5.95 Å². The van der Waals surface area contributed by atoms with Crippen LogP contribution in [-0.4, -0.2) is 48.3 Å². The molecule has 1 aromatic rings. The first kappa shape index (κ1) is 10.9. The lowest BCUT2D eigenvalue weighted by Crippen LogP contribution is -2.23. The maximum atomic E-state index is 4.96. The Morgan fingerprint density at radius 2 is 1.88 bits per heavy atom. The van der Waals surface area contributed by atoms with Crippen molar-refractivity contribution in [3.8, 4) is 12.0 Å². The molecule has 88 valence electrons. The molecule has 0 amide bonds. The Kier molecular flexibility index (Phi) is 3.35. The highest BCUT2D eigenvalue weighted by molar-refractivity contribution is 5.29. The molecule has 0 aliphatic carbocycles. The number of rotatable bonds is 4. The Labute approximate surface area is 93.6 Å². The molecule has 0 radical (unpaired) electrons. The second kappa shape index (κ2) is 4.93. The average molecular weight is 225 g/mol. The topological polar surface area (TPSA) is 81.2 Å². The first-order valence-corrected chi connectivity index (χ1v) is 5.13. The summed E-state index contributed by atoms with van der Waals surface area (Å²) >= 11 is 0. The predicted octanol–water partition coefficient (Wildman–Crippen LogP) is -0.337. The van der Waals surface area contributed by atoms with Gasteiger partial charge >= 0.3 is 12.0 Å². The van der Waals surface area contributed by atoms with Gasteiger partial charge in [-0.25, -0.2) is 0 Å². The number of anilines is 1. The van der Waals surface area contributed by atoms with Gasteiger partial charge in [0, 0.05) is 12.6 Å². The van der Waals surface area contributed by atoms with Crippen molar-refractivity contribution in [1.29, 1.82) is 0 Å². The van der Waals surface area contributed by atoms with Crippen molar-refractivity contribution in [2.24, 2.45) is 0 Å². The maximum Gasteiger partial charge on any atom is 0.324 e. The first-order chi connectivity index (χ1) is 7.81. The normalized spacial score (nSPS) is 19.5. The molecule has 2 N–H and O–H groups in total. The predicted molar refractivity (Wildman–Crippen MR) is 57.8 cm³/mol. The summed E-state index contributed by atoms with van der Waals surface area (Å²) in [5.41, 5.74) is 0. The zero-order valence-corrected chi connectivity index (χ0v) is 9.36. The molecule has 1 fully saturated rings. The number of ether oxygens (including phenoxy) is 2. The van der Waals surface area contributed by atoms with Gasteiger partial charge in [-0.15, -0.1) is 4.98 Å². The molecule has 2 rings (SSSR count). The molecule has 7 heteroatoms. The Balaban J connectivity index is 2.12. The van der Waals surface area contributed by atoms with E-state index in [1.807, 2.05) is 0 Å². The molecule has 0 unspecified atom stereocenters. The smallest absolute Gasteiger partial charge is 0.324 e. The van der Waals surface area contributed by atoms with Crippen LogP contribution in [0.1, 0.15) is 6.42 Å². The fraction of sp³-hybridized carbons (Fsp3) is 0.667. The van der Waals surface area contributed by atoms with Gasteiger partial charge in [-0.1, -0.05) is 0 Å². The lowest BCUT2D eigenvalue weighted by atomic mass is 10.3. The van der Waals surface area contributed by atoms with E-state index in [0.29, 0.717) is 12.0 Å². The number of nitrogens with one attached hydrogen (secondary N) is 2. The molecular weight excluding hydrogens is 210 g/mol. The standard InChI is InChI=1S/C9H15N5O2/c1-15-8-12-7(13-9(14-8)16-2)11-6-3-4-10-5-6/h6,10H,3-5H2,1-2H3,(H,11,12,13,14)/t6-/m0/s1. The average Bonchev–Trinajstić information content (AvgIpc) is 2.81. The van der Waals surface area contributed by atoms with Gasteiger partial charge in [-0.2, -0.15) is 9.97 Å². The van der Waals surface area contributed by atoms with Crippen molar-refractivity contribution >= 4 is 5.95 Å². The van der Waals surface area contributed by atoms with E-state index in [2.05, 4.69) is 25.6 Å². The van der Waals surface area contributed by atoms with E-state index in [0.717, 1.165) is 19.5 Å². The third-order valence-corrected chi connectivity index (χ3v) is 2.35. The van der Waals surface area contributed by atoms with Crippen molar-refractivity contribution in [3.63, 3.8) is 0 Å². The number of aromatic nitrogens is 3. The molecule has 0 aromatic carbocycles. The van der Waals surface area contributed by atoms with Crippen LogP contribution in [0.2, 0.25) is 0 Å². The summed E-state index contributed by atoms with van der Waals surface area (Å²) in [6.45, 7) is 1.92. The van der Waals surface area contributed by atoms with Crippen LogP contribution in [0.3, 0.4) is 0 Å². The third-order valence-electron chi connectivity index (χ3n) is 2.35. The molecule has 2 heterocycles. The summed E-state index contributed by atoms with van der Waals surface area (Å²) in [4.78, 5) is 12.1. The molecule has 1 aliphatic heterocycles. The van der Waals surface area contributed by atoms with Crippen molar-refractivity contribution < 1.29 is 9.47 Å². The maximum absolute atomic E-state index is 4.96. The highest BCUT2D eigenvalue weighted by Crippen LogP contribution is 2.14. The van der Waals surface area contributed by atoms with E-state index in [9.17, 15) is 0 Å². The summed E-state index contributed by atoms with van der Waals surface area (Å²) in [6.07, 6.45) is 1.05. The minimum atomic E-state index is 0.250. The first-order valence-electron chi connectivity index (χ1n) is 5.13. The molecule has 1 aromatic heterocycles. The number of nitrogens with zero attached hydrogens (tertiary/aromatic N) is 3. The van der Waals surface area contributed by atoms with Crippen LogP contribution in [-0.2, 0) is 0 Å². The van der Waals surface area contributed by atoms with E-state index in [1.165, 1.54) is 14.2 Å². The van der Waals surface area contributed by atoms with Gasteiger partial charge in [0.25, 0.3) is 0 Å². The highest BCUT2D eigenvalue weighted by Gasteiger charge is 2.16. The molecule has 16 heavy (non-hydrogen) atoms. The lowest BCUT2D eigenvalue weighted by Gasteiger charge is -2.11. The van der Waals surface area contributed by atoms with Gasteiger partial charge in [0.15, 0.2) is 0 Å². The second-order valence-corrected chi connectivity index (χ2v) is 3.47.